The van der Waals surface area contributed by atoms with Crippen molar-refractivity contribution in [2.45, 2.75) is 33.6 Å². The van der Waals surface area contributed by atoms with Gasteiger partial charge >= 0.3 is 0 Å². The highest BCUT2D eigenvalue weighted by Gasteiger charge is 2.16. The summed E-state index contributed by atoms with van der Waals surface area (Å²) in [6.07, 6.45) is 10.7. The topological polar surface area (TPSA) is 45.8 Å². The van der Waals surface area contributed by atoms with Gasteiger partial charge in [0.1, 0.15) is 0 Å². The summed E-state index contributed by atoms with van der Waals surface area (Å²) in [7, 11) is 0. The molecule has 0 N–H and O–H groups in total. The molecule has 1 aromatic rings. The zero-order chi connectivity index (χ0) is 18.1. The molecule has 0 unspecified atom stereocenters. The molecular formula is C21H24N2O. The SMILES string of the molecule is C=C.CC/C(C)=C/n1c(C)ccc1C(=O)C1=CCC=C(C#N)C=C1. The summed E-state index contributed by atoms with van der Waals surface area (Å²) in [4.78, 5) is 12.8. The molecule has 0 saturated carbocycles. The van der Waals surface area contributed by atoms with E-state index in [1.165, 1.54) is 5.57 Å². The maximum atomic E-state index is 12.8. The second kappa shape index (κ2) is 9.32. The van der Waals surface area contributed by atoms with Crippen molar-refractivity contribution < 1.29 is 4.79 Å². The van der Waals surface area contributed by atoms with Crippen molar-refractivity contribution in [2.75, 3.05) is 0 Å². The minimum atomic E-state index is -0.0166. The molecule has 24 heavy (non-hydrogen) atoms. The highest BCUT2D eigenvalue weighted by molar-refractivity contribution is 6.10. The Labute approximate surface area is 144 Å². The Hall–Kier alpha value is -2.86. The molecule has 0 fully saturated rings. The minimum Gasteiger partial charge on any atom is -0.318 e. The van der Waals surface area contributed by atoms with Crippen LogP contribution < -0.4 is 0 Å². The summed E-state index contributed by atoms with van der Waals surface area (Å²) < 4.78 is 1.94. The van der Waals surface area contributed by atoms with Gasteiger partial charge in [0.2, 0.25) is 5.78 Å². The lowest BCUT2D eigenvalue weighted by Gasteiger charge is -2.08. The van der Waals surface area contributed by atoms with Crippen molar-refractivity contribution in [1.29, 1.82) is 5.26 Å². The maximum Gasteiger partial charge on any atom is 0.209 e. The summed E-state index contributed by atoms with van der Waals surface area (Å²) in [5, 5.41) is 8.94. The van der Waals surface area contributed by atoms with Crippen molar-refractivity contribution >= 4 is 12.0 Å². The molecule has 3 heteroatoms. The van der Waals surface area contributed by atoms with E-state index in [0.29, 0.717) is 23.3 Å². The average Bonchev–Trinajstić information content (AvgIpc) is 2.83. The molecule has 1 aliphatic rings. The third-order valence-corrected chi connectivity index (χ3v) is 3.77. The van der Waals surface area contributed by atoms with Crippen molar-refractivity contribution in [3.05, 3.63) is 77.7 Å². The fourth-order valence-electron chi connectivity index (χ4n) is 2.25. The van der Waals surface area contributed by atoms with Gasteiger partial charge in [-0.2, -0.15) is 5.26 Å². The smallest absolute Gasteiger partial charge is 0.209 e. The lowest BCUT2D eigenvalue weighted by Crippen LogP contribution is -2.08. The first-order chi connectivity index (χ1) is 11.6. The van der Waals surface area contributed by atoms with Gasteiger partial charge in [-0.3, -0.25) is 4.79 Å². The van der Waals surface area contributed by atoms with E-state index in [1.54, 1.807) is 12.2 Å². The summed E-state index contributed by atoms with van der Waals surface area (Å²) in [5.41, 5.74) is 4.12. The van der Waals surface area contributed by atoms with Gasteiger partial charge in [0, 0.05) is 23.0 Å². The quantitative estimate of drug-likeness (QED) is 0.551. The molecule has 1 heterocycles. The number of ketones is 1. The number of allylic oxidation sites excluding steroid dienone is 7. The number of carbonyl (C=O) groups excluding carboxylic acids is 1. The minimum absolute atomic E-state index is 0.0166. The van der Waals surface area contributed by atoms with Crippen molar-refractivity contribution in [2.24, 2.45) is 0 Å². The van der Waals surface area contributed by atoms with E-state index in [2.05, 4.69) is 33.1 Å². The van der Waals surface area contributed by atoms with Gasteiger partial charge in [0.05, 0.1) is 11.8 Å². The Morgan fingerprint density at radius 1 is 1.33 bits per heavy atom. The zero-order valence-electron chi connectivity index (χ0n) is 14.7. The van der Waals surface area contributed by atoms with Gasteiger partial charge in [0.25, 0.3) is 0 Å². The third-order valence-electron chi connectivity index (χ3n) is 3.77. The zero-order valence-corrected chi connectivity index (χ0v) is 14.7. The van der Waals surface area contributed by atoms with Crippen LogP contribution in [0.2, 0.25) is 0 Å². The molecule has 0 radical (unpaired) electrons. The highest BCUT2D eigenvalue weighted by atomic mass is 16.1. The maximum absolute atomic E-state index is 12.8. The Balaban J connectivity index is 0.00000139. The van der Waals surface area contributed by atoms with Gasteiger partial charge in [-0.1, -0.05) is 24.6 Å². The molecule has 1 aromatic heterocycles. The molecule has 0 aliphatic heterocycles. The number of rotatable bonds is 4. The Morgan fingerprint density at radius 3 is 2.67 bits per heavy atom. The first kappa shape index (κ1) is 19.2. The van der Waals surface area contributed by atoms with Crippen LogP contribution in [0.25, 0.3) is 6.20 Å². The molecule has 0 aromatic carbocycles. The van der Waals surface area contributed by atoms with Gasteiger partial charge in [-0.25, -0.2) is 0 Å². The molecule has 0 bridgehead atoms. The van der Waals surface area contributed by atoms with Gasteiger partial charge in [-0.15, -0.1) is 13.2 Å². The Kier molecular flexibility index (Phi) is 7.45. The standard InChI is InChI=1S/C19H20N2O.C2H4/c1-4-14(2)13-21-15(3)8-11-18(21)19(22)17-7-5-6-16(12-20)9-10-17;1-2/h6-11,13H,4-5H2,1-3H3;1-2H2/b14-13+;. The summed E-state index contributed by atoms with van der Waals surface area (Å²) in [5.74, 6) is -0.0166. The van der Waals surface area contributed by atoms with E-state index in [-0.39, 0.29) is 5.78 Å². The molecule has 0 atom stereocenters. The number of aryl methyl sites for hydroxylation is 1. The van der Waals surface area contributed by atoms with Crippen LogP contribution in [-0.4, -0.2) is 10.4 Å². The van der Waals surface area contributed by atoms with Crippen LogP contribution in [-0.2, 0) is 0 Å². The number of carbonyl (C=O) groups is 1. The fourth-order valence-corrected chi connectivity index (χ4v) is 2.25. The van der Waals surface area contributed by atoms with Crippen LogP contribution in [0.15, 0.2) is 66.3 Å². The first-order valence-electron chi connectivity index (χ1n) is 7.95. The molecule has 3 nitrogen and oxygen atoms in total. The van der Waals surface area contributed by atoms with Crippen molar-refractivity contribution in [3.8, 4) is 6.07 Å². The largest absolute Gasteiger partial charge is 0.318 e. The number of nitrogens with zero attached hydrogens (tertiary/aromatic N) is 2. The van der Waals surface area contributed by atoms with Gasteiger partial charge in [-0.05, 0) is 51.0 Å². The van der Waals surface area contributed by atoms with Crippen LogP contribution in [0.1, 0.15) is 42.9 Å². The second-order valence-corrected chi connectivity index (χ2v) is 5.39. The van der Waals surface area contributed by atoms with E-state index in [4.69, 9.17) is 5.26 Å². The monoisotopic (exact) mass is 320 g/mol. The lowest BCUT2D eigenvalue weighted by atomic mass is 10.1. The molecule has 1 aliphatic carbocycles. The predicted molar refractivity (Wildman–Crippen MR) is 101 cm³/mol. The van der Waals surface area contributed by atoms with Crippen LogP contribution in [0.5, 0.6) is 0 Å². The van der Waals surface area contributed by atoms with Crippen LogP contribution >= 0.6 is 0 Å². The lowest BCUT2D eigenvalue weighted by molar-refractivity contribution is 0.103. The highest BCUT2D eigenvalue weighted by Crippen LogP contribution is 2.19. The van der Waals surface area contributed by atoms with Crippen LogP contribution in [0, 0.1) is 18.3 Å². The molecule has 124 valence electrons. The average molecular weight is 320 g/mol. The number of hydrogen-bond acceptors (Lipinski definition) is 2. The Bertz CT molecular complexity index is 764. The number of Topliss-reactive ketones (excluding diaryl/α,β-unsaturated/α-hetero) is 1. The molecule has 0 amide bonds. The van der Waals surface area contributed by atoms with E-state index in [1.807, 2.05) is 42.0 Å². The van der Waals surface area contributed by atoms with Crippen LogP contribution in [0.3, 0.4) is 0 Å². The molecular weight excluding hydrogens is 296 g/mol. The van der Waals surface area contributed by atoms with E-state index in [0.717, 1.165) is 12.1 Å². The summed E-state index contributed by atoms with van der Waals surface area (Å²) in [6.45, 7) is 12.1. The third kappa shape index (κ3) is 4.57. The van der Waals surface area contributed by atoms with E-state index < -0.39 is 0 Å². The number of nitriles is 1. The van der Waals surface area contributed by atoms with Gasteiger partial charge in [0.15, 0.2) is 0 Å². The van der Waals surface area contributed by atoms with Crippen molar-refractivity contribution in [1.82, 2.24) is 4.57 Å². The number of hydrogen-bond donors (Lipinski definition) is 0. The second-order valence-electron chi connectivity index (χ2n) is 5.39. The van der Waals surface area contributed by atoms with Crippen molar-refractivity contribution in [3.63, 3.8) is 0 Å². The Morgan fingerprint density at radius 2 is 2.04 bits per heavy atom. The summed E-state index contributed by atoms with van der Waals surface area (Å²) >= 11 is 0. The van der Waals surface area contributed by atoms with Crippen LogP contribution in [0.4, 0.5) is 0 Å². The normalized spacial score (nSPS) is 13.8. The van der Waals surface area contributed by atoms with E-state index >= 15 is 0 Å². The first-order valence-corrected chi connectivity index (χ1v) is 7.95. The number of aromatic nitrogens is 1. The predicted octanol–water partition coefficient (Wildman–Crippen LogP) is 5.39. The molecule has 0 saturated heterocycles. The fraction of sp³-hybridized carbons (Fsp3) is 0.238. The molecule has 2 rings (SSSR count). The summed E-state index contributed by atoms with van der Waals surface area (Å²) in [6, 6.07) is 5.91. The molecule has 0 spiro atoms. The van der Waals surface area contributed by atoms with E-state index in [9.17, 15) is 4.79 Å². The van der Waals surface area contributed by atoms with Gasteiger partial charge < -0.3 is 4.57 Å².